The first kappa shape index (κ1) is 25.3. The van der Waals surface area contributed by atoms with Crippen LogP contribution in [0.1, 0.15) is 95.8 Å². The summed E-state index contributed by atoms with van der Waals surface area (Å²) in [7, 11) is 0. The number of ether oxygens (including phenoxy) is 3. The molecule has 38 heavy (non-hydrogen) atoms. The number of allylic oxidation sites excluding steroid dienone is 1. The molecule has 3 saturated carbocycles. The minimum Gasteiger partial charge on any atom is -0.458 e. The Balaban J connectivity index is 1.08. The molecule has 2 aliphatic heterocycles. The van der Waals surface area contributed by atoms with Gasteiger partial charge in [0.25, 0.3) is 0 Å². The number of carbonyl (C=O) groups excluding carboxylic acids is 1. The van der Waals surface area contributed by atoms with Gasteiger partial charge < -0.3 is 14.2 Å². The Hall–Kier alpha value is -1.65. The van der Waals surface area contributed by atoms with Gasteiger partial charge in [-0.3, -0.25) is 0 Å². The van der Waals surface area contributed by atoms with Crippen LogP contribution in [0, 0.1) is 46.3 Å². The molecule has 0 amide bonds. The smallest absolute Gasteiger partial charge is 0.338 e. The van der Waals surface area contributed by atoms with Crippen molar-refractivity contribution in [2.75, 3.05) is 6.61 Å². The first-order valence-corrected chi connectivity index (χ1v) is 15.5. The summed E-state index contributed by atoms with van der Waals surface area (Å²) in [4.78, 5) is 12.7. The molecule has 1 unspecified atom stereocenters. The van der Waals surface area contributed by atoms with Gasteiger partial charge >= 0.3 is 5.97 Å². The van der Waals surface area contributed by atoms with E-state index in [0.29, 0.717) is 34.8 Å². The van der Waals surface area contributed by atoms with Crippen molar-refractivity contribution < 1.29 is 19.0 Å². The maximum Gasteiger partial charge on any atom is 0.338 e. The third-order valence-corrected chi connectivity index (χ3v) is 12.6. The van der Waals surface area contributed by atoms with E-state index in [4.69, 9.17) is 14.2 Å². The summed E-state index contributed by atoms with van der Waals surface area (Å²) in [5, 5.41) is 0. The highest BCUT2D eigenvalue weighted by Crippen LogP contribution is 2.70. The van der Waals surface area contributed by atoms with Gasteiger partial charge in [-0.05, 0) is 97.5 Å². The summed E-state index contributed by atoms with van der Waals surface area (Å²) < 4.78 is 19.5. The summed E-state index contributed by atoms with van der Waals surface area (Å²) >= 11 is 0. The maximum absolute atomic E-state index is 12.7. The first-order chi connectivity index (χ1) is 18.2. The lowest BCUT2D eigenvalue weighted by Crippen LogP contribution is -2.52. The standard InChI is InChI=1S/C34H46O4/c1-21-12-17-34(36-20-21)22(2)30-29(38-34)19-28-26-11-10-24-18-25(37-31(35)23-8-6-5-7-9-23)13-15-32(24,3)27(26)14-16-33(28,30)4/h5-10,21-22,25-30H,11-20H2,1-4H3/t21?,22-,25-,26+,27-,28-,29-,30+,32-,33-,34+/m0/s1. The second-order valence-electron chi connectivity index (χ2n) is 14.4. The molecule has 6 aliphatic rings. The fourth-order valence-electron chi connectivity index (χ4n) is 10.5. The minimum atomic E-state index is -0.326. The van der Waals surface area contributed by atoms with Crippen molar-refractivity contribution in [3.8, 4) is 0 Å². The van der Waals surface area contributed by atoms with Crippen molar-refractivity contribution in [1.82, 2.24) is 0 Å². The molecule has 0 bridgehead atoms. The van der Waals surface area contributed by atoms with E-state index in [2.05, 4.69) is 33.8 Å². The molecule has 2 heterocycles. The summed E-state index contributed by atoms with van der Waals surface area (Å²) in [5.41, 5.74) is 2.81. The molecular weight excluding hydrogens is 472 g/mol. The summed E-state index contributed by atoms with van der Waals surface area (Å²) in [6.45, 7) is 10.7. The third-order valence-electron chi connectivity index (χ3n) is 12.6. The molecule has 5 fully saturated rings. The summed E-state index contributed by atoms with van der Waals surface area (Å²) in [6, 6.07) is 9.45. The molecule has 1 spiro atoms. The van der Waals surface area contributed by atoms with Crippen molar-refractivity contribution in [3.05, 3.63) is 47.5 Å². The molecule has 4 aliphatic carbocycles. The number of fused-ring (bicyclic) bond motifs is 7. The summed E-state index contributed by atoms with van der Waals surface area (Å²) in [5.74, 6) is 3.46. The van der Waals surface area contributed by atoms with Crippen LogP contribution in [0.5, 0.6) is 0 Å². The van der Waals surface area contributed by atoms with Gasteiger partial charge in [0.1, 0.15) is 6.10 Å². The molecule has 11 atom stereocenters. The van der Waals surface area contributed by atoms with E-state index in [9.17, 15) is 4.79 Å². The second-order valence-corrected chi connectivity index (χ2v) is 14.4. The van der Waals surface area contributed by atoms with Gasteiger partial charge in [-0.1, -0.05) is 57.5 Å². The van der Waals surface area contributed by atoms with Crippen LogP contribution in [0.4, 0.5) is 0 Å². The van der Waals surface area contributed by atoms with Gasteiger partial charge in [-0.15, -0.1) is 0 Å². The van der Waals surface area contributed by atoms with E-state index in [1.165, 1.54) is 32.1 Å². The Morgan fingerprint density at radius 3 is 2.58 bits per heavy atom. The zero-order chi connectivity index (χ0) is 26.3. The molecule has 0 aromatic heterocycles. The largest absolute Gasteiger partial charge is 0.458 e. The van der Waals surface area contributed by atoms with Gasteiger partial charge in [-0.25, -0.2) is 4.79 Å². The molecule has 0 N–H and O–H groups in total. The van der Waals surface area contributed by atoms with Gasteiger partial charge in [0.2, 0.25) is 0 Å². The molecule has 206 valence electrons. The fraction of sp³-hybridized carbons (Fsp3) is 0.735. The highest BCUT2D eigenvalue weighted by Gasteiger charge is 2.68. The predicted molar refractivity (Wildman–Crippen MR) is 147 cm³/mol. The predicted octanol–water partition coefficient (Wildman–Crippen LogP) is 7.58. The van der Waals surface area contributed by atoms with Crippen molar-refractivity contribution >= 4 is 5.97 Å². The topological polar surface area (TPSA) is 44.8 Å². The van der Waals surface area contributed by atoms with E-state index < -0.39 is 0 Å². The Bertz CT molecular complexity index is 1100. The van der Waals surface area contributed by atoms with E-state index >= 15 is 0 Å². The van der Waals surface area contributed by atoms with Crippen LogP contribution in [0.3, 0.4) is 0 Å². The molecule has 0 radical (unpaired) electrons. The van der Waals surface area contributed by atoms with Crippen LogP contribution in [0.2, 0.25) is 0 Å². The maximum atomic E-state index is 12.7. The molecule has 4 heteroatoms. The SMILES string of the molecule is CC1CC[C@@]2(OC1)O[C@H]1C[C@H]3[C@@H]4CC=C5C[C@@H](OC(=O)c6ccccc6)CC[C@]5(C)[C@H]4CC[C@]3(C)[C@@H]1[C@@H]2C. The van der Waals surface area contributed by atoms with E-state index in [0.717, 1.165) is 50.0 Å². The molecule has 1 aromatic carbocycles. The summed E-state index contributed by atoms with van der Waals surface area (Å²) in [6.07, 6.45) is 13.3. The average molecular weight is 519 g/mol. The van der Waals surface area contributed by atoms with Gasteiger partial charge in [-0.2, -0.15) is 0 Å². The monoisotopic (exact) mass is 518 g/mol. The van der Waals surface area contributed by atoms with Crippen LogP contribution in [0.25, 0.3) is 0 Å². The third kappa shape index (κ3) is 3.65. The van der Waals surface area contributed by atoms with Crippen molar-refractivity contribution in [1.29, 1.82) is 0 Å². The lowest BCUT2D eigenvalue weighted by molar-refractivity contribution is -0.272. The van der Waals surface area contributed by atoms with Gasteiger partial charge in [0.15, 0.2) is 5.79 Å². The quantitative estimate of drug-likeness (QED) is 0.299. The number of hydrogen-bond donors (Lipinski definition) is 0. The zero-order valence-corrected chi connectivity index (χ0v) is 23.8. The van der Waals surface area contributed by atoms with Crippen LogP contribution in [0.15, 0.2) is 42.0 Å². The number of benzene rings is 1. The molecule has 2 saturated heterocycles. The van der Waals surface area contributed by atoms with Crippen LogP contribution in [-0.2, 0) is 14.2 Å². The van der Waals surface area contributed by atoms with Crippen LogP contribution >= 0.6 is 0 Å². The Morgan fingerprint density at radius 1 is 1.00 bits per heavy atom. The Labute approximate surface area is 228 Å². The highest BCUT2D eigenvalue weighted by molar-refractivity contribution is 5.89. The van der Waals surface area contributed by atoms with Crippen molar-refractivity contribution in [3.63, 3.8) is 0 Å². The number of hydrogen-bond acceptors (Lipinski definition) is 4. The average Bonchev–Trinajstić information content (AvgIpc) is 3.36. The van der Waals surface area contributed by atoms with Crippen molar-refractivity contribution in [2.45, 2.75) is 103 Å². The van der Waals surface area contributed by atoms with Gasteiger partial charge in [0, 0.05) is 18.8 Å². The minimum absolute atomic E-state index is 0.00178. The lowest BCUT2D eigenvalue weighted by Gasteiger charge is -2.58. The second kappa shape index (κ2) is 8.93. The Morgan fingerprint density at radius 2 is 1.82 bits per heavy atom. The molecular formula is C34H46O4. The molecule has 7 rings (SSSR count). The molecule has 1 aromatic rings. The van der Waals surface area contributed by atoms with E-state index in [-0.39, 0.29) is 23.3 Å². The fourth-order valence-corrected chi connectivity index (χ4v) is 10.5. The zero-order valence-electron chi connectivity index (χ0n) is 23.8. The molecule has 4 nitrogen and oxygen atoms in total. The van der Waals surface area contributed by atoms with E-state index in [1.807, 2.05) is 30.3 Å². The number of esters is 1. The Kier molecular flexibility index (Phi) is 5.95. The van der Waals surface area contributed by atoms with Crippen molar-refractivity contribution in [2.24, 2.45) is 46.3 Å². The van der Waals surface area contributed by atoms with Crippen LogP contribution in [-0.4, -0.2) is 30.6 Å². The van der Waals surface area contributed by atoms with E-state index in [1.54, 1.807) is 5.57 Å². The lowest BCUT2D eigenvalue weighted by atomic mass is 9.47. The number of carbonyl (C=O) groups is 1. The van der Waals surface area contributed by atoms with Gasteiger partial charge in [0.05, 0.1) is 18.3 Å². The normalized spacial score (nSPS) is 49.4. The first-order valence-electron chi connectivity index (χ1n) is 15.5. The number of rotatable bonds is 2. The van der Waals surface area contributed by atoms with Crippen LogP contribution < -0.4 is 0 Å². The highest BCUT2D eigenvalue weighted by atomic mass is 16.7.